The molecular formula is C14H9Cl2N3O. The maximum atomic E-state index is 6.13. The molecule has 4 nitrogen and oxygen atoms in total. The predicted molar refractivity (Wildman–Crippen MR) is 79.6 cm³/mol. The lowest BCUT2D eigenvalue weighted by Crippen LogP contribution is -1.85. The summed E-state index contributed by atoms with van der Waals surface area (Å²) < 4.78 is 5.24. The van der Waals surface area contributed by atoms with Crippen LogP contribution in [0.1, 0.15) is 0 Å². The van der Waals surface area contributed by atoms with E-state index in [2.05, 4.69) is 10.1 Å². The third kappa shape index (κ3) is 2.35. The van der Waals surface area contributed by atoms with E-state index in [0.717, 1.165) is 5.56 Å². The van der Waals surface area contributed by atoms with Gasteiger partial charge in [-0.15, -0.1) is 0 Å². The van der Waals surface area contributed by atoms with E-state index < -0.39 is 0 Å². The number of hydrogen-bond acceptors (Lipinski definition) is 4. The molecule has 0 saturated carbocycles. The third-order valence-corrected chi connectivity index (χ3v) is 3.60. The maximum absolute atomic E-state index is 6.13. The number of rotatable bonds is 2. The van der Waals surface area contributed by atoms with E-state index in [1.165, 1.54) is 0 Å². The molecule has 0 unspecified atom stereocenters. The van der Waals surface area contributed by atoms with E-state index in [0.29, 0.717) is 33.0 Å². The largest absolute Gasteiger partial charge is 0.399 e. The van der Waals surface area contributed by atoms with Gasteiger partial charge in [-0.3, -0.25) is 0 Å². The van der Waals surface area contributed by atoms with Crippen LogP contribution in [-0.2, 0) is 0 Å². The normalized spacial score (nSPS) is 10.7. The molecule has 0 saturated heterocycles. The lowest BCUT2D eigenvalue weighted by molar-refractivity contribution is 0.432. The van der Waals surface area contributed by atoms with E-state index in [9.17, 15) is 0 Å². The highest BCUT2D eigenvalue weighted by Gasteiger charge is 2.14. The van der Waals surface area contributed by atoms with Gasteiger partial charge in [-0.2, -0.15) is 4.98 Å². The van der Waals surface area contributed by atoms with Crippen LogP contribution in [-0.4, -0.2) is 10.1 Å². The number of halogens is 2. The quantitative estimate of drug-likeness (QED) is 0.717. The Labute approximate surface area is 125 Å². The molecule has 0 atom stereocenters. The monoisotopic (exact) mass is 305 g/mol. The molecular weight excluding hydrogens is 297 g/mol. The molecule has 1 aromatic heterocycles. The fourth-order valence-corrected chi connectivity index (χ4v) is 2.14. The van der Waals surface area contributed by atoms with Gasteiger partial charge in [0.2, 0.25) is 5.82 Å². The average Bonchev–Trinajstić information content (AvgIpc) is 2.92. The van der Waals surface area contributed by atoms with E-state index in [-0.39, 0.29) is 0 Å². The summed E-state index contributed by atoms with van der Waals surface area (Å²) in [6, 6.07) is 12.4. The average molecular weight is 306 g/mol. The van der Waals surface area contributed by atoms with Crippen molar-refractivity contribution in [3.05, 3.63) is 52.5 Å². The lowest BCUT2D eigenvalue weighted by Gasteiger charge is -1.99. The molecule has 0 aliphatic heterocycles. The minimum Gasteiger partial charge on any atom is -0.399 e. The first-order chi connectivity index (χ1) is 9.65. The maximum Gasteiger partial charge on any atom is 0.258 e. The van der Waals surface area contributed by atoms with Crippen molar-refractivity contribution in [3.63, 3.8) is 0 Å². The zero-order chi connectivity index (χ0) is 14.1. The lowest BCUT2D eigenvalue weighted by atomic mass is 10.2. The Morgan fingerprint density at radius 3 is 2.50 bits per heavy atom. The zero-order valence-corrected chi connectivity index (χ0v) is 11.7. The van der Waals surface area contributed by atoms with Crippen LogP contribution < -0.4 is 5.73 Å². The Bertz CT molecular complexity index is 753. The Balaban J connectivity index is 2.02. The van der Waals surface area contributed by atoms with Gasteiger partial charge in [-0.05, 0) is 36.4 Å². The minimum atomic E-state index is 0.393. The number of aromatic nitrogens is 2. The van der Waals surface area contributed by atoms with Crippen LogP contribution in [0, 0.1) is 0 Å². The highest BCUT2D eigenvalue weighted by atomic mass is 35.5. The molecule has 2 aromatic carbocycles. The van der Waals surface area contributed by atoms with E-state index in [4.69, 9.17) is 33.5 Å². The van der Waals surface area contributed by atoms with Gasteiger partial charge in [0.05, 0.1) is 10.0 Å². The SMILES string of the molecule is Nc1ccc(-c2nc(-c3cccc(Cl)c3Cl)no2)cc1. The second kappa shape index (κ2) is 5.15. The summed E-state index contributed by atoms with van der Waals surface area (Å²) in [6.45, 7) is 0. The molecule has 100 valence electrons. The molecule has 0 fully saturated rings. The molecule has 1 heterocycles. The number of anilines is 1. The Kier molecular flexibility index (Phi) is 3.34. The third-order valence-electron chi connectivity index (χ3n) is 2.78. The molecule has 0 amide bonds. The van der Waals surface area contributed by atoms with Crippen molar-refractivity contribution < 1.29 is 4.52 Å². The van der Waals surface area contributed by atoms with Crippen LogP contribution in [0.2, 0.25) is 10.0 Å². The van der Waals surface area contributed by atoms with E-state index in [1.807, 2.05) is 12.1 Å². The molecule has 20 heavy (non-hydrogen) atoms. The van der Waals surface area contributed by atoms with Crippen molar-refractivity contribution in [2.24, 2.45) is 0 Å². The molecule has 0 aliphatic rings. The number of hydrogen-bond donors (Lipinski definition) is 1. The first-order valence-electron chi connectivity index (χ1n) is 5.79. The summed E-state index contributed by atoms with van der Waals surface area (Å²) in [7, 11) is 0. The fourth-order valence-electron chi connectivity index (χ4n) is 1.75. The number of nitrogens with two attached hydrogens (primary N) is 1. The standard InChI is InChI=1S/C14H9Cl2N3O/c15-11-3-1-2-10(12(11)16)13-18-14(20-19-13)8-4-6-9(17)7-5-8/h1-7H,17H2. The van der Waals surface area contributed by atoms with Crippen molar-refractivity contribution in [2.75, 3.05) is 5.73 Å². The van der Waals surface area contributed by atoms with Crippen LogP contribution in [0.15, 0.2) is 47.0 Å². The van der Waals surface area contributed by atoms with Crippen molar-refractivity contribution in [1.82, 2.24) is 10.1 Å². The van der Waals surface area contributed by atoms with Crippen molar-refractivity contribution in [3.8, 4) is 22.8 Å². The van der Waals surface area contributed by atoms with E-state index in [1.54, 1.807) is 30.3 Å². The topological polar surface area (TPSA) is 64.9 Å². The smallest absolute Gasteiger partial charge is 0.258 e. The summed E-state index contributed by atoms with van der Waals surface area (Å²) >= 11 is 12.1. The Morgan fingerprint density at radius 2 is 1.75 bits per heavy atom. The second-order valence-electron chi connectivity index (χ2n) is 4.15. The highest BCUT2D eigenvalue weighted by Crippen LogP contribution is 2.32. The van der Waals surface area contributed by atoms with Crippen LogP contribution in [0.3, 0.4) is 0 Å². The van der Waals surface area contributed by atoms with Crippen LogP contribution in [0.4, 0.5) is 5.69 Å². The molecule has 0 aliphatic carbocycles. The van der Waals surface area contributed by atoms with Crippen LogP contribution >= 0.6 is 23.2 Å². The number of nitrogens with zero attached hydrogens (tertiary/aromatic N) is 2. The van der Waals surface area contributed by atoms with Crippen LogP contribution in [0.25, 0.3) is 22.8 Å². The molecule has 6 heteroatoms. The zero-order valence-electron chi connectivity index (χ0n) is 10.2. The van der Waals surface area contributed by atoms with Crippen molar-refractivity contribution >= 4 is 28.9 Å². The van der Waals surface area contributed by atoms with Gasteiger partial charge < -0.3 is 10.3 Å². The summed E-state index contributed by atoms with van der Waals surface area (Å²) in [5.74, 6) is 0.792. The Morgan fingerprint density at radius 1 is 1.00 bits per heavy atom. The Hall–Kier alpha value is -2.04. The summed E-state index contributed by atoms with van der Waals surface area (Å²) in [5, 5.41) is 4.78. The molecule has 0 spiro atoms. The fraction of sp³-hybridized carbons (Fsp3) is 0. The van der Waals surface area contributed by atoms with Gasteiger partial charge in [0.1, 0.15) is 0 Å². The number of benzene rings is 2. The summed E-state index contributed by atoms with van der Waals surface area (Å²) in [6.07, 6.45) is 0. The van der Waals surface area contributed by atoms with E-state index >= 15 is 0 Å². The highest BCUT2D eigenvalue weighted by molar-refractivity contribution is 6.43. The van der Waals surface area contributed by atoms with Crippen molar-refractivity contribution in [2.45, 2.75) is 0 Å². The molecule has 0 bridgehead atoms. The predicted octanol–water partition coefficient (Wildman–Crippen LogP) is 4.29. The minimum absolute atomic E-state index is 0.393. The molecule has 2 N–H and O–H groups in total. The first-order valence-corrected chi connectivity index (χ1v) is 6.55. The van der Waals surface area contributed by atoms with Gasteiger partial charge in [-0.25, -0.2) is 0 Å². The summed E-state index contributed by atoms with van der Waals surface area (Å²) in [5.41, 5.74) is 7.73. The van der Waals surface area contributed by atoms with Gasteiger partial charge in [0, 0.05) is 16.8 Å². The van der Waals surface area contributed by atoms with Gasteiger partial charge in [-0.1, -0.05) is 34.4 Å². The van der Waals surface area contributed by atoms with Gasteiger partial charge >= 0.3 is 0 Å². The van der Waals surface area contributed by atoms with Crippen LogP contribution in [0.5, 0.6) is 0 Å². The van der Waals surface area contributed by atoms with Crippen molar-refractivity contribution in [1.29, 1.82) is 0 Å². The second-order valence-corrected chi connectivity index (χ2v) is 4.93. The molecule has 3 aromatic rings. The summed E-state index contributed by atoms with van der Waals surface area (Å²) in [4.78, 5) is 4.32. The van der Waals surface area contributed by atoms with Gasteiger partial charge in [0.15, 0.2) is 0 Å². The molecule has 3 rings (SSSR count). The van der Waals surface area contributed by atoms with Gasteiger partial charge in [0.25, 0.3) is 5.89 Å². The molecule has 0 radical (unpaired) electrons. The number of nitrogen functional groups attached to an aromatic ring is 1. The first kappa shape index (κ1) is 13.0.